The topological polar surface area (TPSA) is 59.4 Å². The van der Waals surface area contributed by atoms with Gasteiger partial charge in [-0.3, -0.25) is 0 Å². The van der Waals surface area contributed by atoms with Crippen molar-refractivity contribution in [2.75, 3.05) is 19.1 Å². The zero-order valence-electron chi connectivity index (χ0n) is 9.02. The lowest BCUT2D eigenvalue weighted by Crippen LogP contribution is -2.33. The molecule has 15 heavy (non-hydrogen) atoms. The molecule has 0 radical (unpaired) electrons. The number of nitrogens with one attached hydrogen (secondary N) is 1. The fraction of sp³-hybridized carbons (Fsp3) is 0.556. The van der Waals surface area contributed by atoms with Crippen molar-refractivity contribution in [3.8, 4) is 0 Å². The van der Waals surface area contributed by atoms with E-state index < -0.39 is 6.17 Å². The average molecular weight is 210 g/mol. The van der Waals surface area contributed by atoms with Crippen LogP contribution >= 0.6 is 0 Å². The molecular formula is C9H14N4O2. The number of aryl methyl sites for hydroxylation is 1. The van der Waals surface area contributed by atoms with Gasteiger partial charge in [-0.15, -0.1) is 0 Å². The van der Waals surface area contributed by atoms with Gasteiger partial charge in [0.1, 0.15) is 5.82 Å². The summed E-state index contributed by atoms with van der Waals surface area (Å²) >= 11 is 0. The van der Waals surface area contributed by atoms with Crippen LogP contribution in [0.25, 0.3) is 0 Å². The molecular weight excluding hydrogens is 196 g/mol. The Balaban J connectivity index is 2.28. The molecule has 6 nitrogen and oxygen atoms in total. The Morgan fingerprint density at radius 3 is 3.13 bits per heavy atom. The van der Waals surface area contributed by atoms with Gasteiger partial charge < -0.3 is 10.2 Å². The summed E-state index contributed by atoms with van der Waals surface area (Å²) in [5, 5.41) is 5.92. The number of likely N-dealkylation sites (N-methyl/N-ethyl adjacent to an activating group) is 1. The number of hydrogen-bond donors (Lipinski definition) is 1. The fourth-order valence-corrected chi connectivity index (χ4v) is 1.67. The quantitative estimate of drug-likeness (QED) is 0.721. The van der Waals surface area contributed by atoms with Gasteiger partial charge in [-0.1, -0.05) is 0 Å². The largest absolute Gasteiger partial charge is 0.463 e. The van der Waals surface area contributed by atoms with Crippen LogP contribution in [-0.2, 0) is 9.53 Å². The molecule has 0 aromatic carbocycles. The number of fused-ring (bicyclic) bond motifs is 1. The Labute approximate surface area is 87.8 Å². The highest BCUT2D eigenvalue weighted by Crippen LogP contribution is 2.27. The number of nitrogens with zero attached hydrogens (tertiary/aromatic N) is 3. The third kappa shape index (κ3) is 1.56. The predicted octanol–water partition coefficient (Wildman–Crippen LogP) is 0.526. The molecule has 2 rings (SSSR count). The van der Waals surface area contributed by atoms with Crippen molar-refractivity contribution in [1.82, 2.24) is 14.8 Å². The Kier molecular flexibility index (Phi) is 2.36. The zero-order chi connectivity index (χ0) is 11.0. The first-order valence-corrected chi connectivity index (χ1v) is 4.85. The summed E-state index contributed by atoms with van der Waals surface area (Å²) in [6.45, 7) is 4.05. The van der Waals surface area contributed by atoms with Crippen LogP contribution in [0.1, 0.15) is 18.8 Å². The second-order valence-corrected chi connectivity index (χ2v) is 3.46. The Morgan fingerprint density at radius 1 is 1.73 bits per heavy atom. The van der Waals surface area contributed by atoms with Gasteiger partial charge in [-0.2, -0.15) is 10.1 Å². The van der Waals surface area contributed by atoms with Gasteiger partial charge in [0.2, 0.25) is 6.17 Å². The van der Waals surface area contributed by atoms with E-state index in [0.29, 0.717) is 6.61 Å². The molecule has 1 N–H and O–H groups in total. The molecule has 0 aliphatic carbocycles. The molecule has 1 atom stereocenters. The summed E-state index contributed by atoms with van der Waals surface area (Å²) in [5.74, 6) is 0.516. The van der Waals surface area contributed by atoms with Crippen molar-refractivity contribution >= 4 is 11.8 Å². The van der Waals surface area contributed by atoms with E-state index in [1.807, 2.05) is 13.0 Å². The summed E-state index contributed by atoms with van der Waals surface area (Å²) in [6, 6.07) is 1.88. The van der Waals surface area contributed by atoms with Crippen molar-refractivity contribution < 1.29 is 9.53 Å². The van der Waals surface area contributed by atoms with E-state index in [-0.39, 0.29) is 5.97 Å². The summed E-state index contributed by atoms with van der Waals surface area (Å²) in [6.07, 6.45) is -0.506. The molecule has 0 saturated carbocycles. The first-order valence-electron chi connectivity index (χ1n) is 4.85. The highest BCUT2D eigenvalue weighted by Gasteiger charge is 2.35. The van der Waals surface area contributed by atoms with Crippen LogP contribution in [-0.4, -0.2) is 34.4 Å². The molecule has 0 saturated heterocycles. The third-order valence-corrected chi connectivity index (χ3v) is 2.24. The van der Waals surface area contributed by atoms with E-state index in [0.717, 1.165) is 11.5 Å². The predicted molar refractivity (Wildman–Crippen MR) is 54.0 cm³/mol. The summed E-state index contributed by atoms with van der Waals surface area (Å²) in [4.78, 5) is 11.7. The Morgan fingerprint density at radius 2 is 2.47 bits per heavy atom. The maximum absolute atomic E-state index is 11.7. The zero-order valence-corrected chi connectivity index (χ0v) is 9.02. The smallest absolute Gasteiger partial charge is 0.347 e. The van der Waals surface area contributed by atoms with Crippen LogP contribution in [0.5, 0.6) is 0 Å². The molecule has 1 unspecified atom stereocenters. The van der Waals surface area contributed by atoms with Crippen molar-refractivity contribution in [1.29, 1.82) is 0 Å². The highest BCUT2D eigenvalue weighted by atomic mass is 16.5. The van der Waals surface area contributed by atoms with Crippen molar-refractivity contribution in [2.24, 2.45) is 0 Å². The van der Waals surface area contributed by atoms with E-state index in [1.54, 1.807) is 23.7 Å². The normalized spacial score (nSPS) is 19.8. The summed E-state index contributed by atoms with van der Waals surface area (Å²) in [5.41, 5.74) is 3.92. The minimum absolute atomic E-state index is 0.297. The molecule has 2 heterocycles. The first-order chi connectivity index (χ1) is 7.13. The van der Waals surface area contributed by atoms with Crippen molar-refractivity contribution in [2.45, 2.75) is 20.0 Å². The summed E-state index contributed by atoms with van der Waals surface area (Å²) < 4.78 is 6.61. The average Bonchev–Trinajstić information content (AvgIpc) is 2.59. The highest BCUT2D eigenvalue weighted by molar-refractivity contribution is 5.75. The van der Waals surface area contributed by atoms with Crippen LogP contribution < -0.4 is 5.43 Å². The monoisotopic (exact) mass is 210 g/mol. The van der Waals surface area contributed by atoms with Crippen molar-refractivity contribution in [3.63, 3.8) is 0 Å². The number of carbonyl (C=O) groups excluding carboxylic acids is 1. The third-order valence-electron chi connectivity index (χ3n) is 2.24. The van der Waals surface area contributed by atoms with Crippen LogP contribution in [0.15, 0.2) is 6.07 Å². The van der Waals surface area contributed by atoms with Gasteiger partial charge >= 0.3 is 5.97 Å². The van der Waals surface area contributed by atoms with E-state index in [1.165, 1.54) is 0 Å². The van der Waals surface area contributed by atoms with E-state index >= 15 is 0 Å². The lowest BCUT2D eigenvalue weighted by atomic mass is 10.5. The first kappa shape index (κ1) is 9.97. The van der Waals surface area contributed by atoms with Gasteiger partial charge in [0, 0.05) is 13.1 Å². The second kappa shape index (κ2) is 3.54. The number of esters is 1. The van der Waals surface area contributed by atoms with Gasteiger partial charge in [0.15, 0.2) is 0 Å². The Bertz CT molecular complexity index is 387. The van der Waals surface area contributed by atoms with Crippen LogP contribution in [0.4, 0.5) is 5.82 Å². The number of aromatic nitrogens is 2. The molecule has 1 aliphatic rings. The molecule has 1 aromatic heterocycles. The lowest BCUT2D eigenvalue weighted by Gasteiger charge is -2.17. The standard InChI is InChI=1S/C9H14N4O2/c1-4-15-9(14)8-12(3)11-7-5-6(2)10-13(7)8/h5,8,11H,4H2,1-3H3. The van der Waals surface area contributed by atoms with Crippen LogP contribution in [0, 0.1) is 6.92 Å². The Hall–Kier alpha value is -1.56. The lowest BCUT2D eigenvalue weighted by molar-refractivity contribution is -0.151. The van der Waals surface area contributed by atoms with Gasteiger partial charge in [-0.05, 0) is 13.8 Å². The van der Waals surface area contributed by atoms with Gasteiger partial charge in [-0.25, -0.2) is 9.48 Å². The molecule has 0 bridgehead atoms. The van der Waals surface area contributed by atoms with Crippen LogP contribution in [0.3, 0.4) is 0 Å². The fourth-order valence-electron chi connectivity index (χ4n) is 1.67. The molecule has 6 heteroatoms. The van der Waals surface area contributed by atoms with Gasteiger partial charge in [0.05, 0.1) is 12.3 Å². The molecule has 1 aromatic rings. The second-order valence-electron chi connectivity index (χ2n) is 3.46. The number of rotatable bonds is 2. The maximum atomic E-state index is 11.7. The van der Waals surface area contributed by atoms with Crippen molar-refractivity contribution in [3.05, 3.63) is 11.8 Å². The molecule has 1 aliphatic heterocycles. The van der Waals surface area contributed by atoms with Gasteiger partial charge in [0.25, 0.3) is 0 Å². The van der Waals surface area contributed by atoms with Crippen LogP contribution in [0.2, 0.25) is 0 Å². The number of hydrogen-bond acceptors (Lipinski definition) is 5. The molecule has 0 spiro atoms. The molecule has 0 fully saturated rings. The number of hydrazine groups is 1. The SMILES string of the molecule is CCOC(=O)C1N(C)Nc2cc(C)nn21. The number of carbonyl (C=O) groups is 1. The molecule has 0 amide bonds. The minimum Gasteiger partial charge on any atom is -0.463 e. The minimum atomic E-state index is -0.506. The van der Waals surface area contributed by atoms with E-state index in [2.05, 4.69) is 10.5 Å². The van der Waals surface area contributed by atoms with E-state index in [4.69, 9.17) is 4.74 Å². The van der Waals surface area contributed by atoms with E-state index in [9.17, 15) is 4.79 Å². The maximum Gasteiger partial charge on any atom is 0.347 e. The summed E-state index contributed by atoms with van der Waals surface area (Å²) in [7, 11) is 1.78. The number of ether oxygens (including phenoxy) is 1. The number of anilines is 1. The molecule has 82 valence electrons.